The largest absolute Gasteiger partial charge is 0.345 e. The SMILES string of the molecule is CSc1ccccc1C(=O)NC1(CCl)CCCC1. The molecule has 0 unspecified atom stereocenters. The first-order chi connectivity index (χ1) is 8.71. The van der Waals surface area contributed by atoms with Crippen molar-refractivity contribution >= 4 is 29.3 Å². The van der Waals surface area contributed by atoms with Gasteiger partial charge in [0.2, 0.25) is 0 Å². The van der Waals surface area contributed by atoms with Crippen molar-refractivity contribution in [2.24, 2.45) is 0 Å². The van der Waals surface area contributed by atoms with Gasteiger partial charge in [0.15, 0.2) is 0 Å². The predicted molar refractivity (Wildman–Crippen MR) is 77.6 cm³/mol. The quantitative estimate of drug-likeness (QED) is 0.674. The summed E-state index contributed by atoms with van der Waals surface area (Å²) in [7, 11) is 0. The van der Waals surface area contributed by atoms with Crippen LogP contribution >= 0.6 is 23.4 Å². The van der Waals surface area contributed by atoms with Crippen LogP contribution in [-0.2, 0) is 0 Å². The van der Waals surface area contributed by atoms with E-state index in [0.717, 1.165) is 36.1 Å². The summed E-state index contributed by atoms with van der Waals surface area (Å²) in [6, 6.07) is 7.70. The van der Waals surface area contributed by atoms with Gasteiger partial charge in [-0.15, -0.1) is 23.4 Å². The summed E-state index contributed by atoms with van der Waals surface area (Å²) in [6.45, 7) is 0. The number of hydrogen-bond donors (Lipinski definition) is 1. The van der Waals surface area contributed by atoms with E-state index in [1.165, 1.54) is 0 Å². The molecule has 0 aliphatic heterocycles. The number of rotatable bonds is 4. The number of carbonyl (C=O) groups is 1. The number of halogens is 1. The van der Waals surface area contributed by atoms with Crippen LogP contribution in [0.1, 0.15) is 36.0 Å². The molecule has 2 nitrogen and oxygen atoms in total. The molecule has 0 aromatic heterocycles. The van der Waals surface area contributed by atoms with Crippen LogP contribution in [0.3, 0.4) is 0 Å². The Kier molecular flexibility index (Phi) is 4.57. The van der Waals surface area contributed by atoms with Crippen molar-refractivity contribution in [3.8, 4) is 0 Å². The van der Waals surface area contributed by atoms with Crippen LogP contribution < -0.4 is 5.32 Å². The molecule has 0 saturated heterocycles. The molecule has 1 fully saturated rings. The average molecular weight is 284 g/mol. The summed E-state index contributed by atoms with van der Waals surface area (Å²) in [5.41, 5.74) is 0.561. The summed E-state index contributed by atoms with van der Waals surface area (Å²) in [5.74, 6) is 0.502. The molecule has 0 spiro atoms. The number of amides is 1. The van der Waals surface area contributed by atoms with E-state index in [1.807, 2.05) is 30.5 Å². The van der Waals surface area contributed by atoms with Gasteiger partial charge in [-0.1, -0.05) is 25.0 Å². The molecule has 1 amide bonds. The minimum absolute atomic E-state index is 0.00231. The molecule has 0 radical (unpaired) electrons. The van der Waals surface area contributed by atoms with Gasteiger partial charge in [-0.3, -0.25) is 4.79 Å². The lowest BCUT2D eigenvalue weighted by Gasteiger charge is -2.28. The van der Waals surface area contributed by atoms with Crippen LogP contribution in [0.15, 0.2) is 29.2 Å². The summed E-state index contributed by atoms with van der Waals surface area (Å²) in [6.07, 6.45) is 6.26. The Bertz CT molecular complexity index is 430. The number of hydrogen-bond acceptors (Lipinski definition) is 2. The van der Waals surface area contributed by atoms with E-state index < -0.39 is 0 Å². The predicted octanol–water partition coefficient (Wildman–Crippen LogP) is 3.69. The first-order valence-electron chi connectivity index (χ1n) is 6.22. The Morgan fingerprint density at radius 1 is 1.39 bits per heavy atom. The first-order valence-corrected chi connectivity index (χ1v) is 7.98. The lowest BCUT2D eigenvalue weighted by atomic mass is 9.99. The molecule has 1 aliphatic carbocycles. The van der Waals surface area contributed by atoms with Gasteiger partial charge in [0.05, 0.1) is 11.1 Å². The topological polar surface area (TPSA) is 29.1 Å². The molecule has 2 rings (SSSR count). The number of carbonyl (C=O) groups excluding carboxylic acids is 1. The van der Waals surface area contributed by atoms with E-state index in [0.29, 0.717) is 5.88 Å². The van der Waals surface area contributed by atoms with Crippen molar-refractivity contribution in [2.75, 3.05) is 12.1 Å². The summed E-state index contributed by atoms with van der Waals surface area (Å²) in [4.78, 5) is 13.4. The van der Waals surface area contributed by atoms with Gasteiger partial charge in [-0.25, -0.2) is 0 Å². The van der Waals surface area contributed by atoms with Gasteiger partial charge in [-0.2, -0.15) is 0 Å². The van der Waals surface area contributed by atoms with Crippen LogP contribution in [0.4, 0.5) is 0 Å². The average Bonchev–Trinajstić information content (AvgIpc) is 2.87. The van der Waals surface area contributed by atoms with E-state index in [-0.39, 0.29) is 11.4 Å². The lowest BCUT2D eigenvalue weighted by molar-refractivity contribution is 0.0906. The zero-order valence-corrected chi connectivity index (χ0v) is 12.1. The van der Waals surface area contributed by atoms with E-state index in [2.05, 4.69) is 5.32 Å². The van der Waals surface area contributed by atoms with Crippen LogP contribution in [0.25, 0.3) is 0 Å². The second kappa shape index (κ2) is 5.98. The maximum Gasteiger partial charge on any atom is 0.252 e. The minimum Gasteiger partial charge on any atom is -0.345 e. The Labute approximate surface area is 117 Å². The van der Waals surface area contributed by atoms with Gasteiger partial charge in [-0.05, 0) is 31.2 Å². The van der Waals surface area contributed by atoms with Gasteiger partial charge < -0.3 is 5.32 Å². The van der Waals surface area contributed by atoms with Crippen LogP contribution in [0, 0.1) is 0 Å². The fourth-order valence-electron chi connectivity index (χ4n) is 2.48. The highest BCUT2D eigenvalue weighted by atomic mass is 35.5. The second-order valence-corrected chi connectivity index (χ2v) is 5.89. The van der Waals surface area contributed by atoms with E-state index >= 15 is 0 Å². The highest BCUT2D eigenvalue weighted by molar-refractivity contribution is 7.98. The molecule has 0 heterocycles. The zero-order chi connectivity index (χ0) is 13.0. The number of alkyl halides is 1. The third-order valence-corrected chi connectivity index (χ3v) is 4.85. The number of thioether (sulfide) groups is 1. The van der Waals surface area contributed by atoms with E-state index in [4.69, 9.17) is 11.6 Å². The van der Waals surface area contributed by atoms with Gasteiger partial charge in [0.25, 0.3) is 5.91 Å². The molecule has 1 aliphatic rings. The molecule has 1 saturated carbocycles. The monoisotopic (exact) mass is 283 g/mol. The molecular weight excluding hydrogens is 266 g/mol. The molecule has 1 N–H and O–H groups in total. The first kappa shape index (κ1) is 13.8. The normalized spacial score (nSPS) is 17.7. The van der Waals surface area contributed by atoms with Crippen LogP contribution in [0.5, 0.6) is 0 Å². The van der Waals surface area contributed by atoms with Gasteiger partial charge in [0, 0.05) is 10.8 Å². The Morgan fingerprint density at radius 2 is 2.06 bits per heavy atom. The van der Waals surface area contributed by atoms with Crippen molar-refractivity contribution in [1.82, 2.24) is 5.32 Å². The fourth-order valence-corrected chi connectivity index (χ4v) is 3.41. The standard InChI is InChI=1S/C14H18ClNOS/c1-18-12-7-3-2-6-11(12)13(17)16-14(10-15)8-4-5-9-14/h2-3,6-7H,4-5,8-10H2,1H3,(H,16,17). The molecule has 18 heavy (non-hydrogen) atoms. The van der Waals surface area contributed by atoms with Crippen LogP contribution in [0.2, 0.25) is 0 Å². The molecular formula is C14H18ClNOS. The van der Waals surface area contributed by atoms with E-state index in [1.54, 1.807) is 11.8 Å². The van der Waals surface area contributed by atoms with Crippen molar-refractivity contribution in [1.29, 1.82) is 0 Å². The van der Waals surface area contributed by atoms with Crippen LogP contribution in [-0.4, -0.2) is 23.6 Å². The molecule has 4 heteroatoms. The zero-order valence-electron chi connectivity index (χ0n) is 10.5. The smallest absolute Gasteiger partial charge is 0.252 e. The molecule has 0 atom stereocenters. The van der Waals surface area contributed by atoms with Crippen molar-refractivity contribution in [3.05, 3.63) is 29.8 Å². The Hall–Kier alpha value is -0.670. The third kappa shape index (κ3) is 2.83. The van der Waals surface area contributed by atoms with Gasteiger partial charge in [0.1, 0.15) is 0 Å². The van der Waals surface area contributed by atoms with Crippen molar-refractivity contribution < 1.29 is 4.79 Å². The summed E-state index contributed by atoms with van der Waals surface area (Å²) < 4.78 is 0. The summed E-state index contributed by atoms with van der Waals surface area (Å²) in [5, 5.41) is 3.15. The van der Waals surface area contributed by atoms with Crippen molar-refractivity contribution in [3.63, 3.8) is 0 Å². The molecule has 1 aromatic carbocycles. The Balaban J connectivity index is 2.16. The Morgan fingerprint density at radius 3 is 2.67 bits per heavy atom. The lowest BCUT2D eigenvalue weighted by Crippen LogP contribution is -2.48. The van der Waals surface area contributed by atoms with E-state index in [9.17, 15) is 4.79 Å². The molecule has 1 aromatic rings. The second-order valence-electron chi connectivity index (χ2n) is 4.78. The van der Waals surface area contributed by atoms with Crippen molar-refractivity contribution in [2.45, 2.75) is 36.1 Å². The fraction of sp³-hybridized carbons (Fsp3) is 0.500. The maximum atomic E-state index is 12.4. The van der Waals surface area contributed by atoms with Gasteiger partial charge >= 0.3 is 0 Å². The number of nitrogens with one attached hydrogen (secondary N) is 1. The minimum atomic E-state index is -0.190. The highest BCUT2D eigenvalue weighted by Crippen LogP contribution is 2.31. The summed E-state index contributed by atoms with van der Waals surface area (Å²) >= 11 is 7.64. The number of benzene rings is 1. The highest BCUT2D eigenvalue weighted by Gasteiger charge is 2.34. The molecule has 0 bridgehead atoms. The maximum absolute atomic E-state index is 12.4. The molecule has 98 valence electrons. The third-order valence-electron chi connectivity index (χ3n) is 3.55.